The molecule has 1 aromatic rings. The van der Waals surface area contributed by atoms with E-state index in [1.165, 1.54) is 14.1 Å². The Morgan fingerprint density at radius 2 is 1.86 bits per heavy atom. The van der Waals surface area contributed by atoms with Gasteiger partial charge in [-0.3, -0.25) is 0 Å². The summed E-state index contributed by atoms with van der Waals surface area (Å²) in [7, 11) is -4.86. The Labute approximate surface area is 131 Å². The van der Waals surface area contributed by atoms with Gasteiger partial charge in [0.1, 0.15) is 10.7 Å². The normalized spacial score (nSPS) is 12.8. The van der Waals surface area contributed by atoms with Crippen molar-refractivity contribution in [2.24, 2.45) is 0 Å². The first-order valence-corrected chi connectivity index (χ1v) is 9.50. The Balaban J connectivity index is 2.92. The van der Waals surface area contributed by atoms with Gasteiger partial charge >= 0.3 is 0 Å². The number of anilines is 1. The van der Waals surface area contributed by atoms with Gasteiger partial charge in [0.25, 0.3) is 0 Å². The second-order valence-corrected chi connectivity index (χ2v) is 9.19. The van der Waals surface area contributed by atoms with Crippen molar-refractivity contribution in [3.05, 3.63) is 22.4 Å². The summed E-state index contributed by atoms with van der Waals surface area (Å²) < 4.78 is 63.4. The smallest absolute Gasteiger partial charge is 0.242 e. The first-order chi connectivity index (χ1) is 9.47. The number of hydrogen-bond acceptors (Lipinski definition) is 5. The van der Waals surface area contributed by atoms with E-state index in [0.29, 0.717) is 0 Å². The summed E-state index contributed by atoms with van der Waals surface area (Å²) in [6, 6.07) is 1.89. The molecule has 0 spiro atoms. The maximum Gasteiger partial charge on any atom is 0.242 e. The monoisotopic (exact) mass is 403 g/mol. The topological polar surface area (TPSA) is 110 Å². The molecule has 0 fully saturated rings. The number of benzene rings is 1. The van der Waals surface area contributed by atoms with Gasteiger partial charge in [0.05, 0.1) is 15.9 Å². The molecule has 0 radical (unpaired) electrons. The van der Waals surface area contributed by atoms with Crippen LogP contribution < -0.4 is 10.5 Å². The molecule has 0 unspecified atom stereocenters. The minimum Gasteiger partial charge on any atom is -0.398 e. The Kier molecular flexibility index (Phi) is 5.72. The van der Waals surface area contributed by atoms with Crippen LogP contribution in [-0.4, -0.2) is 47.5 Å². The van der Waals surface area contributed by atoms with Gasteiger partial charge in [-0.2, -0.15) is 0 Å². The van der Waals surface area contributed by atoms with Crippen molar-refractivity contribution < 1.29 is 21.2 Å². The van der Waals surface area contributed by atoms with Crippen molar-refractivity contribution in [2.75, 3.05) is 32.1 Å². The summed E-state index contributed by atoms with van der Waals surface area (Å²) in [4.78, 5) is -0.321. The number of nitrogens with two attached hydrogens (primary N) is 1. The summed E-state index contributed by atoms with van der Waals surface area (Å²) >= 11 is 2.87. The zero-order valence-electron chi connectivity index (χ0n) is 11.3. The van der Waals surface area contributed by atoms with Crippen LogP contribution in [0.25, 0.3) is 0 Å². The fourth-order valence-corrected chi connectivity index (χ4v) is 3.86. The highest BCUT2D eigenvalue weighted by molar-refractivity contribution is 9.10. The summed E-state index contributed by atoms with van der Waals surface area (Å²) in [5, 5.41) is 0. The fourth-order valence-electron chi connectivity index (χ4n) is 1.34. The van der Waals surface area contributed by atoms with Crippen LogP contribution in [0.15, 0.2) is 21.5 Å². The van der Waals surface area contributed by atoms with Crippen LogP contribution in [0.3, 0.4) is 0 Å². The molecule has 0 bridgehead atoms. The molecule has 0 amide bonds. The van der Waals surface area contributed by atoms with E-state index < -0.39 is 31.6 Å². The lowest BCUT2D eigenvalue weighted by Gasteiger charge is -2.13. The lowest BCUT2D eigenvalue weighted by Crippen LogP contribution is -2.34. The van der Waals surface area contributed by atoms with Gasteiger partial charge in [-0.1, -0.05) is 0 Å². The van der Waals surface area contributed by atoms with Crippen molar-refractivity contribution in [3.63, 3.8) is 0 Å². The predicted molar refractivity (Wildman–Crippen MR) is 81.2 cm³/mol. The van der Waals surface area contributed by atoms with Crippen molar-refractivity contribution in [3.8, 4) is 0 Å². The third-order valence-electron chi connectivity index (χ3n) is 2.55. The molecular weight excluding hydrogens is 389 g/mol. The first-order valence-electron chi connectivity index (χ1n) is 5.62. The number of rotatable bonds is 6. The number of sulfonamides is 2. The SMILES string of the molecule is CN(C)S(=O)(=O)CCNS(=O)(=O)c1cc(Br)c(F)cc1N. The third-order valence-corrected chi connectivity index (χ3v) is 6.51. The van der Waals surface area contributed by atoms with Crippen molar-refractivity contribution in [1.82, 2.24) is 9.03 Å². The highest BCUT2D eigenvalue weighted by Gasteiger charge is 2.21. The van der Waals surface area contributed by atoms with E-state index in [4.69, 9.17) is 5.73 Å². The van der Waals surface area contributed by atoms with Crippen molar-refractivity contribution in [2.45, 2.75) is 4.90 Å². The van der Waals surface area contributed by atoms with Crippen LogP contribution >= 0.6 is 15.9 Å². The van der Waals surface area contributed by atoms with Gasteiger partial charge in [-0.05, 0) is 28.1 Å². The van der Waals surface area contributed by atoms with Crippen LogP contribution in [0.4, 0.5) is 10.1 Å². The van der Waals surface area contributed by atoms with Crippen molar-refractivity contribution in [1.29, 1.82) is 0 Å². The van der Waals surface area contributed by atoms with Gasteiger partial charge in [0, 0.05) is 20.6 Å². The molecule has 0 aromatic heterocycles. The molecule has 3 N–H and O–H groups in total. The summed E-state index contributed by atoms with van der Waals surface area (Å²) in [5.41, 5.74) is 5.21. The maximum absolute atomic E-state index is 13.2. The van der Waals surface area contributed by atoms with Gasteiger partial charge in [-0.25, -0.2) is 30.3 Å². The maximum atomic E-state index is 13.2. The van der Waals surface area contributed by atoms with E-state index in [9.17, 15) is 21.2 Å². The number of nitrogen functional groups attached to an aromatic ring is 1. The molecule has 7 nitrogen and oxygen atoms in total. The summed E-state index contributed by atoms with van der Waals surface area (Å²) in [6.07, 6.45) is 0. The van der Waals surface area contributed by atoms with Crippen molar-refractivity contribution >= 4 is 41.7 Å². The Bertz CT molecular complexity index is 735. The molecule has 0 saturated heterocycles. The zero-order valence-corrected chi connectivity index (χ0v) is 14.5. The van der Waals surface area contributed by atoms with Gasteiger partial charge in [0.15, 0.2) is 0 Å². The zero-order chi connectivity index (χ0) is 16.4. The Morgan fingerprint density at radius 1 is 1.29 bits per heavy atom. The predicted octanol–water partition coefficient (Wildman–Crippen LogP) is 0.340. The lowest BCUT2D eigenvalue weighted by atomic mass is 10.3. The Morgan fingerprint density at radius 3 is 2.38 bits per heavy atom. The molecule has 0 aliphatic heterocycles. The van der Waals surface area contributed by atoms with E-state index in [-0.39, 0.29) is 21.6 Å². The second-order valence-electron chi connectivity index (χ2n) is 4.30. The quantitative estimate of drug-likeness (QED) is 0.665. The molecule has 120 valence electrons. The van der Waals surface area contributed by atoms with E-state index in [1.807, 2.05) is 0 Å². The van der Waals surface area contributed by atoms with Crippen LogP contribution in [0.1, 0.15) is 0 Å². The Hall–Kier alpha value is -0.750. The van der Waals surface area contributed by atoms with Crippen LogP contribution in [0.2, 0.25) is 0 Å². The number of hydrogen-bond donors (Lipinski definition) is 2. The standard InChI is InChI=1S/C10H15BrFN3O4S2/c1-15(2)20(16,17)4-3-14-21(18,19)10-5-7(11)8(12)6-9(10)13/h5-6,14H,3-4,13H2,1-2H3. The van der Waals surface area contributed by atoms with Crippen LogP contribution in [0, 0.1) is 5.82 Å². The molecule has 21 heavy (non-hydrogen) atoms. The fraction of sp³-hybridized carbons (Fsp3) is 0.400. The molecule has 0 atom stereocenters. The molecule has 11 heteroatoms. The first kappa shape index (κ1) is 18.3. The van der Waals surface area contributed by atoms with Crippen LogP contribution in [0.5, 0.6) is 0 Å². The molecule has 1 rings (SSSR count). The average Bonchev–Trinajstić information content (AvgIpc) is 2.32. The summed E-state index contributed by atoms with van der Waals surface area (Å²) in [5.74, 6) is -1.09. The minimum absolute atomic E-state index is 0.0574. The molecular formula is C10H15BrFN3O4S2. The average molecular weight is 404 g/mol. The third kappa shape index (κ3) is 4.61. The van der Waals surface area contributed by atoms with E-state index in [2.05, 4.69) is 20.7 Å². The molecule has 0 saturated carbocycles. The van der Waals surface area contributed by atoms with Gasteiger partial charge in [-0.15, -0.1) is 0 Å². The molecule has 0 heterocycles. The lowest BCUT2D eigenvalue weighted by molar-refractivity contribution is 0.519. The van der Waals surface area contributed by atoms with Crippen LogP contribution in [-0.2, 0) is 20.0 Å². The van der Waals surface area contributed by atoms with Gasteiger partial charge < -0.3 is 5.73 Å². The van der Waals surface area contributed by atoms with E-state index in [0.717, 1.165) is 16.4 Å². The highest BCUT2D eigenvalue weighted by Crippen LogP contribution is 2.25. The number of nitrogens with zero attached hydrogens (tertiary/aromatic N) is 1. The largest absolute Gasteiger partial charge is 0.398 e. The molecule has 1 aromatic carbocycles. The molecule has 0 aliphatic rings. The van der Waals surface area contributed by atoms with Gasteiger partial charge in [0.2, 0.25) is 20.0 Å². The summed E-state index contributed by atoms with van der Waals surface area (Å²) in [6.45, 7) is -0.322. The van der Waals surface area contributed by atoms with E-state index in [1.54, 1.807) is 0 Å². The molecule has 0 aliphatic carbocycles. The highest BCUT2D eigenvalue weighted by atomic mass is 79.9. The number of halogens is 2. The van der Waals surface area contributed by atoms with E-state index >= 15 is 0 Å². The minimum atomic E-state index is -4.03. The second kappa shape index (κ2) is 6.57. The number of nitrogens with one attached hydrogen (secondary N) is 1.